The molecule has 0 bridgehead atoms. The maximum Gasteiger partial charge on any atom is 0.437 e. The molecule has 0 saturated heterocycles. The zero-order valence-electron chi connectivity index (χ0n) is 16.3. The summed E-state index contributed by atoms with van der Waals surface area (Å²) in [6.07, 6.45) is 3.19. The molecular weight excluding hydrogens is 388 g/mol. The molecule has 0 radical (unpaired) electrons. The lowest BCUT2D eigenvalue weighted by Gasteiger charge is -2.03. The van der Waals surface area contributed by atoms with Crippen LogP contribution in [0.1, 0.15) is 17.1 Å². The Morgan fingerprint density at radius 3 is 2.60 bits per heavy atom. The highest BCUT2D eigenvalue weighted by atomic mass is 16.4. The minimum Gasteiger partial charge on any atom is -0.386 e. The highest BCUT2D eigenvalue weighted by molar-refractivity contribution is 5.75. The van der Waals surface area contributed by atoms with Crippen LogP contribution in [0.3, 0.4) is 0 Å². The van der Waals surface area contributed by atoms with Gasteiger partial charge in [0.2, 0.25) is 5.91 Å². The molecule has 30 heavy (non-hydrogen) atoms. The molecule has 152 valence electrons. The molecule has 4 aromatic rings. The van der Waals surface area contributed by atoms with E-state index in [2.05, 4.69) is 30.6 Å². The molecule has 0 fully saturated rings. The van der Waals surface area contributed by atoms with Crippen LogP contribution in [0.4, 0.5) is 0 Å². The van der Waals surface area contributed by atoms with Crippen LogP contribution in [-0.2, 0) is 17.9 Å². The Morgan fingerprint density at radius 2 is 1.87 bits per heavy atom. The topological polar surface area (TPSA) is 134 Å². The second-order valence-electron chi connectivity index (χ2n) is 6.52. The lowest BCUT2D eigenvalue weighted by molar-refractivity contribution is -0.122. The number of aryl methyl sites for hydroxylation is 2. The van der Waals surface area contributed by atoms with Crippen LogP contribution in [0, 0.1) is 13.8 Å². The van der Waals surface area contributed by atoms with Gasteiger partial charge in [-0.3, -0.25) is 14.8 Å². The molecule has 0 spiro atoms. The molecule has 1 amide bonds. The first-order valence-electron chi connectivity index (χ1n) is 9.11. The maximum atomic E-state index is 12.2. The summed E-state index contributed by atoms with van der Waals surface area (Å²) in [5, 5.41) is 15.4. The Balaban J connectivity index is 1.47. The first kappa shape index (κ1) is 19.2. The summed E-state index contributed by atoms with van der Waals surface area (Å²) in [4.78, 5) is 34.0. The Labute approximate surface area is 170 Å². The van der Waals surface area contributed by atoms with Crippen molar-refractivity contribution in [2.45, 2.75) is 26.9 Å². The standard InChI is InChI=1S/C19H18N8O3/c1-12-8-21-14(9-20-12)10-22-16(28)11-26-19(29)30-18(25-26)17-13(2)23-27(24-17)15-6-4-3-5-7-15/h3-9H,10-11H2,1-2H3,(H,22,28). The van der Waals surface area contributed by atoms with Crippen molar-refractivity contribution in [1.29, 1.82) is 0 Å². The summed E-state index contributed by atoms with van der Waals surface area (Å²) >= 11 is 0. The first-order chi connectivity index (χ1) is 14.5. The lowest BCUT2D eigenvalue weighted by Crippen LogP contribution is -2.31. The minimum absolute atomic E-state index is 0.00289. The van der Waals surface area contributed by atoms with Crippen molar-refractivity contribution in [3.63, 3.8) is 0 Å². The van der Waals surface area contributed by atoms with Crippen molar-refractivity contribution >= 4 is 5.91 Å². The predicted molar refractivity (Wildman–Crippen MR) is 104 cm³/mol. The molecule has 0 aliphatic rings. The van der Waals surface area contributed by atoms with Crippen molar-refractivity contribution in [2.24, 2.45) is 0 Å². The third kappa shape index (κ3) is 4.14. The van der Waals surface area contributed by atoms with Gasteiger partial charge in [0.1, 0.15) is 6.54 Å². The molecular formula is C19H18N8O3. The molecule has 3 heterocycles. The number of rotatable bonds is 6. The number of hydrogen-bond donors (Lipinski definition) is 1. The van der Waals surface area contributed by atoms with E-state index in [1.165, 1.54) is 4.80 Å². The zero-order chi connectivity index (χ0) is 21.1. The average Bonchev–Trinajstić information content (AvgIpc) is 3.31. The van der Waals surface area contributed by atoms with Crippen LogP contribution in [0.5, 0.6) is 0 Å². The number of nitrogens with one attached hydrogen (secondary N) is 1. The highest BCUT2D eigenvalue weighted by Crippen LogP contribution is 2.17. The summed E-state index contributed by atoms with van der Waals surface area (Å²) in [6.45, 7) is 3.45. The second kappa shape index (κ2) is 8.07. The van der Waals surface area contributed by atoms with Gasteiger partial charge in [-0.15, -0.1) is 10.2 Å². The van der Waals surface area contributed by atoms with E-state index >= 15 is 0 Å². The summed E-state index contributed by atoms with van der Waals surface area (Å²) in [5.74, 6) is -1.18. The Kier molecular flexibility index (Phi) is 5.16. The fraction of sp³-hybridized carbons (Fsp3) is 0.211. The molecule has 3 aromatic heterocycles. The second-order valence-corrected chi connectivity index (χ2v) is 6.52. The normalized spacial score (nSPS) is 10.9. The van der Waals surface area contributed by atoms with Crippen molar-refractivity contribution in [3.8, 4) is 17.3 Å². The van der Waals surface area contributed by atoms with E-state index in [4.69, 9.17) is 4.42 Å². The molecule has 11 nitrogen and oxygen atoms in total. The van der Waals surface area contributed by atoms with Gasteiger partial charge in [-0.25, -0.2) is 4.79 Å². The van der Waals surface area contributed by atoms with E-state index in [0.717, 1.165) is 16.1 Å². The van der Waals surface area contributed by atoms with E-state index in [1.54, 1.807) is 19.3 Å². The van der Waals surface area contributed by atoms with Gasteiger partial charge in [0.15, 0.2) is 5.69 Å². The SMILES string of the molecule is Cc1cnc(CNC(=O)Cn2nc(-c3nn(-c4ccccc4)nc3C)oc2=O)cn1. The van der Waals surface area contributed by atoms with Crippen LogP contribution in [0.15, 0.2) is 51.9 Å². The zero-order valence-corrected chi connectivity index (χ0v) is 16.3. The summed E-state index contributed by atoms with van der Waals surface area (Å²) in [5.41, 5.74) is 3.01. The monoisotopic (exact) mass is 406 g/mol. The van der Waals surface area contributed by atoms with Crippen molar-refractivity contribution < 1.29 is 9.21 Å². The Morgan fingerprint density at radius 1 is 1.07 bits per heavy atom. The number of carbonyl (C=O) groups is 1. The Hall–Kier alpha value is -4.15. The molecule has 0 saturated carbocycles. The van der Waals surface area contributed by atoms with Crippen LogP contribution in [0.25, 0.3) is 17.3 Å². The van der Waals surface area contributed by atoms with Gasteiger partial charge in [-0.2, -0.15) is 14.6 Å². The average molecular weight is 406 g/mol. The lowest BCUT2D eigenvalue weighted by atomic mass is 10.3. The molecule has 11 heteroatoms. The number of benzene rings is 1. The van der Waals surface area contributed by atoms with Crippen LogP contribution in [-0.4, -0.2) is 40.6 Å². The summed E-state index contributed by atoms with van der Waals surface area (Å²) in [7, 11) is 0. The van der Waals surface area contributed by atoms with Crippen LogP contribution in [0.2, 0.25) is 0 Å². The fourth-order valence-electron chi connectivity index (χ4n) is 2.65. The van der Waals surface area contributed by atoms with Crippen molar-refractivity contribution in [1.82, 2.24) is 40.1 Å². The van der Waals surface area contributed by atoms with Gasteiger partial charge in [-0.05, 0) is 26.0 Å². The molecule has 4 rings (SSSR count). The third-order valence-corrected chi connectivity index (χ3v) is 4.17. The van der Waals surface area contributed by atoms with Crippen LogP contribution >= 0.6 is 0 Å². The number of carbonyl (C=O) groups excluding carboxylic acids is 1. The molecule has 0 aliphatic heterocycles. The van der Waals surface area contributed by atoms with E-state index < -0.39 is 11.7 Å². The van der Waals surface area contributed by atoms with E-state index in [0.29, 0.717) is 17.1 Å². The molecule has 1 aromatic carbocycles. The quantitative estimate of drug-likeness (QED) is 0.497. The molecule has 0 aliphatic carbocycles. The number of amides is 1. The van der Waals surface area contributed by atoms with E-state index in [-0.39, 0.29) is 19.0 Å². The van der Waals surface area contributed by atoms with Gasteiger partial charge in [0, 0.05) is 6.20 Å². The molecule has 0 atom stereocenters. The Bertz CT molecular complexity index is 1220. The fourth-order valence-corrected chi connectivity index (χ4v) is 2.65. The van der Waals surface area contributed by atoms with E-state index in [1.807, 2.05) is 37.3 Å². The molecule has 1 N–H and O–H groups in total. The molecule has 0 unspecified atom stereocenters. The number of hydrogen-bond acceptors (Lipinski definition) is 8. The van der Waals surface area contributed by atoms with Gasteiger partial charge in [0.05, 0.1) is 35.5 Å². The smallest absolute Gasteiger partial charge is 0.386 e. The third-order valence-electron chi connectivity index (χ3n) is 4.17. The van der Waals surface area contributed by atoms with Crippen LogP contribution < -0.4 is 11.1 Å². The summed E-state index contributed by atoms with van der Waals surface area (Å²) < 4.78 is 6.12. The number of nitrogens with zero attached hydrogens (tertiary/aromatic N) is 7. The largest absolute Gasteiger partial charge is 0.437 e. The minimum atomic E-state index is -0.760. The predicted octanol–water partition coefficient (Wildman–Crippen LogP) is 0.807. The first-order valence-corrected chi connectivity index (χ1v) is 9.11. The van der Waals surface area contributed by atoms with Gasteiger partial charge in [0.25, 0.3) is 5.89 Å². The van der Waals surface area contributed by atoms with E-state index in [9.17, 15) is 9.59 Å². The maximum absolute atomic E-state index is 12.2. The van der Waals surface area contributed by atoms with Crippen molar-refractivity contribution in [3.05, 3.63) is 70.4 Å². The van der Waals surface area contributed by atoms with Gasteiger partial charge >= 0.3 is 5.76 Å². The summed E-state index contributed by atoms with van der Waals surface area (Å²) in [6, 6.07) is 9.31. The number of para-hydroxylation sites is 1. The van der Waals surface area contributed by atoms with Crippen molar-refractivity contribution in [2.75, 3.05) is 0 Å². The van der Waals surface area contributed by atoms with Gasteiger partial charge < -0.3 is 9.73 Å². The van der Waals surface area contributed by atoms with Gasteiger partial charge in [-0.1, -0.05) is 18.2 Å². The highest BCUT2D eigenvalue weighted by Gasteiger charge is 2.19. The number of aromatic nitrogens is 7.